The molecule has 0 spiro atoms. The van der Waals surface area contributed by atoms with Gasteiger partial charge in [-0.25, -0.2) is 5.43 Å². The normalized spacial score (nSPS) is 19.5. The van der Waals surface area contributed by atoms with Crippen LogP contribution in [0.25, 0.3) is 0 Å². The second-order valence-electron chi connectivity index (χ2n) is 4.74. The molecule has 116 valence electrons. The SMILES string of the molecule is C=CCN1C(=O)C(Cc2ccc(Cl)cc2)S/C1=N\NC(C)=O. The summed E-state index contributed by atoms with van der Waals surface area (Å²) >= 11 is 7.20. The molecular formula is C15H16ClN3O2S. The predicted molar refractivity (Wildman–Crippen MR) is 89.7 cm³/mol. The second-order valence-corrected chi connectivity index (χ2v) is 6.34. The van der Waals surface area contributed by atoms with E-state index in [2.05, 4.69) is 17.1 Å². The molecule has 2 rings (SSSR count). The zero-order valence-electron chi connectivity index (χ0n) is 12.1. The van der Waals surface area contributed by atoms with Crippen molar-refractivity contribution in [1.29, 1.82) is 0 Å². The molecule has 22 heavy (non-hydrogen) atoms. The maximum absolute atomic E-state index is 12.5. The van der Waals surface area contributed by atoms with Gasteiger partial charge in [0.25, 0.3) is 0 Å². The van der Waals surface area contributed by atoms with Crippen LogP contribution in [0.5, 0.6) is 0 Å². The number of carbonyl (C=O) groups excluding carboxylic acids is 2. The topological polar surface area (TPSA) is 61.8 Å². The van der Waals surface area contributed by atoms with E-state index in [9.17, 15) is 9.59 Å². The van der Waals surface area contributed by atoms with Crippen LogP contribution in [0.4, 0.5) is 0 Å². The van der Waals surface area contributed by atoms with Crippen molar-refractivity contribution in [3.8, 4) is 0 Å². The summed E-state index contributed by atoms with van der Waals surface area (Å²) in [7, 11) is 0. The van der Waals surface area contributed by atoms with Gasteiger partial charge in [-0.05, 0) is 24.1 Å². The van der Waals surface area contributed by atoms with Gasteiger partial charge in [-0.3, -0.25) is 14.5 Å². The average Bonchev–Trinajstić information content (AvgIpc) is 2.77. The smallest absolute Gasteiger partial charge is 0.242 e. The number of benzene rings is 1. The van der Waals surface area contributed by atoms with Gasteiger partial charge in [-0.15, -0.1) is 11.7 Å². The number of hydrazone groups is 1. The highest BCUT2D eigenvalue weighted by Gasteiger charge is 2.37. The molecule has 1 aromatic rings. The molecule has 5 nitrogen and oxygen atoms in total. The van der Waals surface area contributed by atoms with E-state index in [0.29, 0.717) is 23.2 Å². The van der Waals surface area contributed by atoms with Gasteiger partial charge in [-0.2, -0.15) is 0 Å². The van der Waals surface area contributed by atoms with Crippen LogP contribution in [0.2, 0.25) is 5.02 Å². The van der Waals surface area contributed by atoms with E-state index in [1.54, 1.807) is 18.2 Å². The Kier molecular flexibility index (Phi) is 5.63. The zero-order valence-corrected chi connectivity index (χ0v) is 13.7. The first-order chi connectivity index (χ1) is 10.5. The lowest BCUT2D eigenvalue weighted by Gasteiger charge is -2.13. The van der Waals surface area contributed by atoms with Gasteiger partial charge in [-0.1, -0.05) is 41.6 Å². The van der Waals surface area contributed by atoms with Crippen LogP contribution in [0, 0.1) is 0 Å². The molecule has 0 radical (unpaired) electrons. The first-order valence-electron chi connectivity index (χ1n) is 6.69. The van der Waals surface area contributed by atoms with Gasteiger partial charge in [0.15, 0.2) is 5.17 Å². The monoisotopic (exact) mass is 337 g/mol. The molecule has 1 saturated heterocycles. The van der Waals surface area contributed by atoms with Crippen LogP contribution in [0.15, 0.2) is 42.0 Å². The average molecular weight is 338 g/mol. The fourth-order valence-corrected chi connectivity index (χ4v) is 3.26. The van der Waals surface area contributed by atoms with E-state index >= 15 is 0 Å². The third-order valence-corrected chi connectivity index (χ3v) is 4.40. The number of rotatable bonds is 5. The summed E-state index contributed by atoms with van der Waals surface area (Å²) in [6.07, 6.45) is 2.21. The van der Waals surface area contributed by atoms with Gasteiger partial charge >= 0.3 is 0 Å². The summed E-state index contributed by atoms with van der Waals surface area (Å²) in [6.45, 7) is 5.38. The van der Waals surface area contributed by atoms with Gasteiger partial charge in [0.05, 0.1) is 5.25 Å². The minimum atomic E-state index is -0.278. The molecule has 0 saturated carbocycles. The highest BCUT2D eigenvalue weighted by molar-refractivity contribution is 8.15. The second kappa shape index (κ2) is 7.47. The van der Waals surface area contributed by atoms with Crippen molar-refractivity contribution in [3.05, 3.63) is 47.5 Å². The van der Waals surface area contributed by atoms with Crippen molar-refractivity contribution in [2.24, 2.45) is 5.10 Å². The lowest BCUT2D eigenvalue weighted by atomic mass is 10.1. The van der Waals surface area contributed by atoms with E-state index in [1.807, 2.05) is 12.1 Å². The van der Waals surface area contributed by atoms with E-state index in [1.165, 1.54) is 23.6 Å². The number of nitrogens with zero attached hydrogens (tertiary/aromatic N) is 2. The molecule has 0 aliphatic carbocycles. The number of hydrogen-bond donors (Lipinski definition) is 1. The Labute approximate surface area is 138 Å². The van der Waals surface area contributed by atoms with Crippen molar-refractivity contribution in [1.82, 2.24) is 10.3 Å². The summed E-state index contributed by atoms with van der Waals surface area (Å²) in [5.41, 5.74) is 3.39. The first kappa shape index (κ1) is 16.6. The van der Waals surface area contributed by atoms with Crippen molar-refractivity contribution in [2.45, 2.75) is 18.6 Å². The Hall–Kier alpha value is -1.79. The minimum Gasteiger partial charge on any atom is -0.285 e. The van der Waals surface area contributed by atoms with Crippen LogP contribution in [0.3, 0.4) is 0 Å². The molecule has 1 aliphatic rings. The van der Waals surface area contributed by atoms with Crippen LogP contribution >= 0.6 is 23.4 Å². The molecule has 1 aromatic carbocycles. The summed E-state index contributed by atoms with van der Waals surface area (Å²) in [5, 5.41) is 4.87. The lowest BCUT2D eigenvalue weighted by molar-refractivity contribution is -0.126. The first-order valence-corrected chi connectivity index (χ1v) is 7.94. The molecule has 7 heteroatoms. The summed E-state index contributed by atoms with van der Waals surface area (Å²) in [5.74, 6) is -0.316. The van der Waals surface area contributed by atoms with E-state index in [-0.39, 0.29) is 17.1 Å². The Balaban J connectivity index is 2.14. The highest BCUT2D eigenvalue weighted by Crippen LogP contribution is 2.29. The number of amidine groups is 1. The third kappa shape index (κ3) is 4.11. The fourth-order valence-electron chi connectivity index (χ4n) is 1.98. The number of hydrogen-bond acceptors (Lipinski definition) is 4. The van der Waals surface area contributed by atoms with Gasteiger partial charge in [0.2, 0.25) is 11.8 Å². The standard InChI is InChI=1S/C15H16ClN3O2S/c1-3-8-19-14(21)13(22-15(19)18-17-10(2)20)9-11-4-6-12(16)7-5-11/h3-7,13H,1,8-9H2,2H3,(H,17,20)/b18-15-. The quantitative estimate of drug-likeness (QED) is 0.663. The molecule has 1 N–H and O–H groups in total. The Morgan fingerprint density at radius 2 is 2.18 bits per heavy atom. The Bertz CT molecular complexity index is 616. The molecule has 1 aliphatic heterocycles. The molecule has 1 atom stereocenters. The van der Waals surface area contributed by atoms with Crippen molar-refractivity contribution in [2.75, 3.05) is 6.54 Å². The molecule has 0 aromatic heterocycles. The molecule has 1 unspecified atom stereocenters. The van der Waals surface area contributed by atoms with Crippen molar-refractivity contribution in [3.63, 3.8) is 0 Å². The zero-order chi connectivity index (χ0) is 16.1. The Morgan fingerprint density at radius 3 is 2.77 bits per heavy atom. The third-order valence-electron chi connectivity index (χ3n) is 2.98. The van der Waals surface area contributed by atoms with E-state index in [4.69, 9.17) is 11.6 Å². The Morgan fingerprint density at radius 1 is 1.50 bits per heavy atom. The number of carbonyl (C=O) groups is 2. The number of amides is 2. The van der Waals surface area contributed by atoms with Crippen molar-refractivity contribution >= 4 is 40.3 Å². The summed E-state index contributed by atoms with van der Waals surface area (Å²) < 4.78 is 0. The molecule has 1 fully saturated rings. The van der Waals surface area contributed by atoms with Crippen molar-refractivity contribution < 1.29 is 9.59 Å². The van der Waals surface area contributed by atoms with Crippen LogP contribution in [0.1, 0.15) is 12.5 Å². The predicted octanol–water partition coefficient (Wildman–Crippen LogP) is 2.42. The summed E-state index contributed by atoms with van der Waals surface area (Å²) in [6, 6.07) is 7.40. The summed E-state index contributed by atoms with van der Waals surface area (Å²) in [4.78, 5) is 25.0. The number of thioether (sulfide) groups is 1. The maximum atomic E-state index is 12.5. The van der Waals surface area contributed by atoms with Crippen LogP contribution in [-0.2, 0) is 16.0 Å². The molecule has 1 heterocycles. The molecule has 2 amide bonds. The maximum Gasteiger partial charge on any atom is 0.242 e. The fraction of sp³-hybridized carbons (Fsp3) is 0.267. The lowest BCUT2D eigenvalue weighted by Crippen LogP contribution is -2.34. The van der Waals surface area contributed by atoms with Gasteiger partial charge < -0.3 is 0 Å². The number of nitrogens with one attached hydrogen (secondary N) is 1. The van der Waals surface area contributed by atoms with E-state index < -0.39 is 0 Å². The van der Waals surface area contributed by atoms with Gasteiger partial charge in [0.1, 0.15) is 0 Å². The number of halogens is 1. The van der Waals surface area contributed by atoms with Gasteiger partial charge in [0, 0.05) is 18.5 Å². The molecular weight excluding hydrogens is 322 g/mol. The largest absolute Gasteiger partial charge is 0.285 e. The van der Waals surface area contributed by atoms with Crippen LogP contribution in [-0.4, -0.2) is 33.7 Å². The minimum absolute atomic E-state index is 0.0380. The van der Waals surface area contributed by atoms with Crippen LogP contribution < -0.4 is 5.43 Å². The highest BCUT2D eigenvalue weighted by atomic mass is 35.5. The van der Waals surface area contributed by atoms with E-state index in [0.717, 1.165) is 5.56 Å². The molecule has 0 bridgehead atoms.